The zero-order valence-electron chi connectivity index (χ0n) is 13.9. The van der Waals surface area contributed by atoms with Crippen LogP contribution >= 0.6 is 12.2 Å². The van der Waals surface area contributed by atoms with Crippen LogP contribution in [0.4, 0.5) is 4.39 Å². The van der Waals surface area contributed by atoms with Crippen LogP contribution in [-0.2, 0) is 16.6 Å². The summed E-state index contributed by atoms with van der Waals surface area (Å²) < 4.78 is 35.5. The lowest BCUT2D eigenvalue weighted by Crippen LogP contribution is -2.38. The molecule has 0 radical (unpaired) electrons. The number of hydrogen-bond donors (Lipinski definition) is 2. The van der Waals surface area contributed by atoms with Crippen LogP contribution in [0.5, 0.6) is 0 Å². The largest absolute Gasteiger partial charge is 0.358 e. The number of nitrogens with two attached hydrogens (primary N) is 1. The number of rotatable bonds is 5. The Morgan fingerprint density at radius 2 is 1.76 bits per heavy atom. The highest BCUT2D eigenvalue weighted by Gasteiger charge is 2.15. The number of nitrogens with zero attached hydrogens (tertiary/aromatic N) is 1. The van der Waals surface area contributed by atoms with E-state index < -0.39 is 10.0 Å². The Morgan fingerprint density at radius 3 is 2.28 bits per heavy atom. The van der Waals surface area contributed by atoms with E-state index in [9.17, 15) is 12.8 Å². The van der Waals surface area contributed by atoms with Gasteiger partial charge in [0.05, 0.1) is 10.9 Å². The Kier molecular flexibility index (Phi) is 6.10. The standard InChI is InChI=1S/C17H20FN3O2S2/c1-12(14-5-9-16(10-6-14)25(19,22)23)21(2)17(24)20-11-13-3-7-15(18)8-4-13/h3-10,12H,11H2,1-2H3,(H,20,24)(H2,19,22,23)/t12-/m1/s1. The van der Waals surface area contributed by atoms with Gasteiger partial charge < -0.3 is 10.2 Å². The Bertz CT molecular complexity index is 837. The molecule has 0 saturated heterocycles. The van der Waals surface area contributed by atoms with Crippen molar-refractivity contribution in [1.29, 1.82) is 0 Å². The fourth-order valence-corrected chi connectivity index (χ4v) is 2.99. The van der Waals surface area contributed by atoms with Crippen molar-refractivity contribution in [2.24, 2.45) is 5.14 Å². The highest BCUT2D eigenvalue weighted by Crippen LogP contribution is 2.20. The number of benzene rings is 2. The minimum atomic E-state index is -3.70. The lowest BCUT2D eigenvalue weighted by Gasteiger charge is -2.28. The second-order valence-corrected chi connectivity index (χ2v) is 7.63. The zero-order chi connectivity index (χ0) is 18.6. The number of halogens is 1. The summed E-state index contributed by atoms with van der Waals surface area (Å²) in [6, 6.07) is 12.5. The minimum Gasteiger partial charge on any atom is -0.358 e. The summed E-state index contributed by atoms with van der Waals surface area (Å²) in [6.07, 6.45) is 0. The number of thiocarbonyl (C=S) groups is 1. The van der Waals surface area contributed by atoms with E-state index in [-0.39, 0.29) is 16.8 Å². The molecule has 2 rings (SSSR count). The molecule has 5 nitrogen and oxygen atoms in total. The van der Waals surface area contributed by atoms with Crippen molar-refractivity contribution in [2.75, 3.05) is 7.05 Å². The average molecular weight is 381 g/mol. The number of sulfonamides is 1. The van der Waals surface area contributed by atoms with E-state index in [1.165, 1.54) is 24.3 Å². The molecule has 0 spiro atoms. The van der Waals surface area contributed by atoms with Crippen molar-refractivity contribution in [2.45, 2.75) is 24.4 Å². The first-order valence-electron chi connectivity index (χ1n) is 7.56. The molecule has 134 valence electrons. The molecule has 3 N–H and O–H groups in total. The van der Waals surface area contributed by atoms with E-state index in [0.29, 0.717) is 11.7 Å². The van der Waals surface area contributed by atoms with Crippen molar-refractivity contribution < 1.29 is 12.8 Å². The third kappa shape index (κ3) is 5.22. The van der Waals surface area contributed by atoms with Gasteiger partial charge in [0.1, 0.15) is 5.82 Å². The lowest BCUT2D eigenvalue weighted by molar-refractivity contribution is 0.395. The molecule has 0 unspecified atom stereocenters. The fourth-order valence-electron chi connectivity index (χ4n) is 2.24. The quantitative estimate of drug-likeness (QED) is 0.779. The third-order valence-corrected chi connectivity index (χ3v) is 5.31. The molecule has 0 saturated carbocycles. The molecule has 2 aromatic rings. The molecule has 0 aromatic heterocycles. The number of hydrogen-bond acceptors (Lipinski definition) is 3. The second-order valence-electron chi connectivity index (χ2n) is 5.69. The van der Waals surface area contributed by atoms with Gasteiger partial charge in [-0.2, -0.15) is 0 Å². The first-order chi connectivity index (χ1) is 11.7. The maximum Gasteiger partial charge on any atom is 0.238 e. The predicted octanol–water partition coefficient (Wildman–Crippen LogP) is 2.54. The summed E-state index contributed by atoms with van der Waals surface area (Å²) in [6.45, 7) is 2.44. The smallest absolute Gasteiger partial charge is 0.238 e. The van der Waals surface area contributed by atoms with Gasteiger partial charge in [-0.1, -0.05) is 24.3 Å². The number of nitrogens with one attached hydrogen (secondary N) is 1. The van der Waals surface area contributed by atoms with Crippen LogP contribution in [0.25, 0.3) is 0 Å². The van der Waals surface area contributed by atoms with Gasteiger partial charge in [0.2, 0.25) is 10.0 Å². The molecule has 0 aliphatic carbocycles. The topological polar surface area (TPSA) is 75.4 Å². The fraction of sp³-hybridized carbons (Fsp3) is 0.235. The Hall–Kier alpha value is -2.03. The van der Waals surface area contributed by atoms with Crippen molar-refractivity contribution in [3.05, 3.63) is 65.5 Å². The van der Waals surface area contributed by atoms with Crippen molar-refractivity contribution >= 4 is 27.4 Å². The predicted molar refractivity (Wildman–Crippen MR) is 99.8 cm³/mol. The highest BCUT2D eigenvalue weighted by molar-refractivity contribution is 7.89. The van der Waals surface area contributed by atoms with Gasteiger partial charge in [-0.05, 0) is 54.5 Å². The van der Waals surface area contributed by atoms with Crippen LogP contribution in [0.1, 0.15) is 24.1 Å². The van der Waals surface area contributed by atoms with Gasteiger partial charge in [-0.25, -0.2) is 17.9 Å². The summed E-state index contributed by atoms with van der Waals surface area (Å²) in [5.74, 6) is -0.278. The van der Waals surface area contributed by atoms with E-state index in [0.717, 1.165) is 11.1 Å². The van der Waals surface area contributed by atoms with Crippen LogP contribution in [0.2, 0.25) is 0 Å². The van der Waals surface area contributed by atoms with Crippen LogP contribution in [0.15, 0.2) is 53.4 Å². The van der Waals surface area contributed by atoms with Gasteiger partial charge >= 0.3 is 0 Å². The lowest BCUT2D eigenvalue weighted by atomic mass is 10.1. The summed E-state index contributed by atoms with van der Waals surface area (Å²) in [7, 11) is -1.86. The second kappa shape index (κ2) is 7.90. The van der Waals surface area contributed by atoms with Crippen LogP contribution in [-0.4, -0.2) is 25.5 Å². The SMILES string of the molecule is C[C@H](c1ccc(S(N)(=O)=O)cc1)N(C)C(=S)NCc1ccc(F)cc1. The highest BCUT2D eigenvalue weighted by atomic mass is 32.2. The van der Waals surface area contributed by atoms with E-state index >= 15 is 0 Å². The Balaban J connectivity index is 1.99. The van der Waals surface area contributed by atoms with Gasteiger partial charge in [0.25, 0.3) is 0 Å². The normalized spacial score (nSPS) is 12.5. The molecule has 0 heterocycles. The van der Waals surface area contributed by atoms with E-state index in [2.05, 4.69) is 5.32 Å². The first-order valence-corrected chi connectivity index (χ1v) is 9.52. The van der Waals surface area contributed by atoms with Crippen LogP contribution in [0.3, 0.4) is 0 Å². The maximum atomic E-state index is 12.9. The Morgan fingerprint density at radius 1 is 1.20 bits per heavy atom. The first kappa shape index (κ1) is 19.3. The Labute approximate surface area is 152 Å². The number of primary sulfonamides is 1. The molecule has 0 fully saturated rings. The summed E-state index contributed by atoms with van der Waals surface area (Å²) >= 11 is 5.39. The van der Waals surface area contributed by atoms with Crippen molar-refractivity contribution in [3.63, 3.8) is 0 Å². The average Bonchev–Trinajstić information content (AvgIpc) is 2.59. The van der Waals surface area contributed by atoms with E-state index in [1.54, 1.807) is 24.3 Å². The maximum absolute atomic E-state index is 12.9. The van der Waals surface area contributed by atoms with Gasteiger partial charge in [0, 0.05) is 13.6 Å². The molecular weight excluding hydrogens is 361 g/mol. The van der Waals surface area contributed by atoms with E-state index in [4.69, 9.17) is 17.4 Å². The monoisotopic (exact) mass is 381 g/mol. The molecule has 0 aliphatic rings. The zero-order valence-corrected chi connectivity index (χ0v) is 15.6. The minimum absolute atomic E-state index is 0.0669. The molecule has 0 aliphatic heterocycles. The van der Waals surface area contributed by atoms with Gasteiger partial charge in [-0.3, -0.25) is 0 Å². The van der Waals surface area contributed by atoms with Gasteiger partial charge in [0.15, 0.2) is 5.11 Å². The van der Waals surface area contributed by atoms with Crippen molar-refractivity contribution in [3.8, 4) is 0 Å². The molecule has 8 heteroatoms. The molecule has 25 heavy (non-hydrogen) atoms. The van der Waals surface area contributed by atoms with Crippen LogP contribution < -0.4 is 10.5 Å². The van der Waals surface area contributed by atoms with E-state index in [1.807, 2.05) is 18.9 Å². The summed E-state index contributed by atoms with van der Waals surface area (Å²) in [5.41, 5.74) is 1.82. The summed E-state index contributed by atoms with van der Waals surface area (Å²) in [5, 5.41) is 8.76. The molecule has 2 aromatic carbocycles. The molecular formula is C17H20FN3O2S2. The van der Waals surface area contributed by atoms with Crippen molar-refractivity contribution in [1.82, 2.24) is 10.2 Å². The van der Waals surface area contributed by atoms with Gasteiger partial charge in [-0.15, -0.1) is 0 Å². The molecule has 0 bridgehead atoms. The van der Waals surface area contributed by atoms with Crippen LogP contribution in [0, 0.1) is 5.82 Å². The summed E-state index contributed by atoms with van der Waals surface area (Å²) in [4.78, 5) is 1.94. The molecule has 1 atom stereocenters. The molecule has 0 amide bonds. The third-order valence-electron chi connectivity index (χ3n) is 3.95.